The van der Waals surface area contributed by atoms with Gasteiger partial charge in [0.1, 0.15) is 5.75 Å². The Labute approximate surface area is 113 Å². The molecule has 0 saturated carbocycles. The smallest absolute Gasteiger partial charge is 0.119 e. The van der Waals surface area contributed by atoms with Crippen molar-refractivity contribution in [3.8, 4) is 11.4 Å². The zero-order chi connectivity index (χ0) is 13.5. The van der Waals surface area contributed by atoms with Crippen LogP contribution in [0.25, 0.3) is 5.69 Å². The van der Waals surface area contributed by atoms with E-state index in [1.807, 2.05) is 35.9 Å². The van der Waals surface area contributed by atoms with Crippen LogP contribution in [-0.4, -0.2) is 28.1 Å². The van der Waals surface area contributed by atoms with Crippen LogP contribution in [0.3, 0.4) is 0 Å². The molecule has 0 aliphatic carbocycles. The first kappa shape index (κ1) is 13.5. The zero-order valence-corrected chi connectivity index (χ0v) is 11.5. The van der Waals surface area contributed by atoms with Crippen molar-refractivity contribution < 1.29 is 4.74 Å². The Balaban J connectivity index is 2.10. The Morgan fingerprint density at radius 1 is 1.21 bits per heavy atom. The predicted molar refractivity (Wildman–Crippen MR) is 74.5 cm³/mol. The van der Waals surface area contributed by atoms with Crippen LogP contribution >= 0.6 is 0 Å². The van der Waals surface area contributed by atoms with Gasteiger partial charge in [-0.3, -0.25) is 0 Å². The van der Waals surface area contributed by atoms with Gasteiger partial charge in [-0.25, -0.2) is 4.68 Å². The molecule has 1 aromatic carbocycles. The number of nitrogens with zero attached hydrogens (tertiary/aromatic N) is 3. The topological polar surface area (TPSA) is 52.0 Å². The summed E-state index contributed by atoms with van der Waals surface area (Å²) in [6.07, 6.45) is 2.91. The van der Waals surface area contributed by atoms with Crippen molar-refractivity contribution in [2.75, 3.05) is 13.2 Å². The number of ether oxygens (including phenoxy) is 1. The summed E-state index contributed by atoms with van der Waals surface area (Å²) in [5.74, 6) is 0.872. The molecule has 1 aromatic heterocycles. The van der Waals surface area contributed by atoms with Crippen molar-refractivity contribution in [1.29, 1.82) is 0 Å². The molecule has 0 fully saturated rings. The molecule has 0 amide bonds. The number of hydrogen-bond acceptors (Lipinski definition) is 4. The number of nitrogens with one attached hydrogen (secondary N) is 1. The second-order valence-corrected chi connectivity index (χ2v) is 4.24. The summed E-state index contributed by atoms with van der Waals surface area (Å²) in [7, 11) is 0. The summed E-state index contributed by atoms with van der Waals surface area (Å²) in [6.45, 7) is 6.56. The van der Waals surface area contributed by atoms with Crippen molar-refractivity contribution in [1.82, 2.24) is 20.3 Å². The number of aromatic nitrogens is 3. The van der Waals surface area contributed by atoms with Crippen molar-refractivity contribution in [2.45, 2.75) is 26.8 Å². The van der Waals surface area contributed by atoms with Crippen LogP contribution in [0.4, 0.5) is 0 Å². The van der Waals surface area contributed by atoms with Gasteiger partial charge < -0.3 is 10.1 Å². The van der Waals surface area contributed by atoms with Crippen LogP contribution in [0.2, 0.25) is 0 Å². The molecule has 2 aromatic rings. The van der Waals surface area contributed by atoms with Gasteiger partial charge >= 0.3 is 0 Å². The van der Waals surface area contributed by atoms with Gasteiger partial charge in [-0.05, 0) is 44.2 Å². The van der Waals surface area contributed by atoms with Crippen molar-refractivity contribution in [2.24, 2.45) is 0 Å². The van der Waals surface area contributed by atoms with Gasteiger partial charge in [-0.1, -0.05) is 12.1 Å². The molecular weight excluding hydrogens is 240 g/mol. The molecule has 0 saturated heterocycles. The third-order valence-electron chi connectivity index (χ3n) is 2.75. The lowest BCUT2D eigenvalue weighted by Crippen LogP contribution is -2.16. The molecule has 0 aliphatic heterocycles. The van der Waals surface area contributed by atoms with E-state index in [2.05, 4.69) is 22.6 Å². The Morgan fingerprint density at radius 2 is 2.00 bits per heavy atom. The monoisotopic (exact) mass is 260 g/mol. The summed E-state index contributed by atoms with van der Waals surface area (Å²) in [6, 6.07) is 7.87. The molecule has 0 atom stereocenters. The number of benzene rings is 1. The van der Waals surface area contributed by atoms with Gasteiger partial charge in [0.05, 0.1) is 24.2 Å². The van der Waals surface area contributed by atoms with E-state index in [0.29, 0.717) is 6.61 Å². The van der Waals surface area contributed by atoms with Crippen LogP contribution in [-0.2, 0) is 6.54 Å². The maximum atomic E-state index is 5.43. The highest BCUT2D eigenvalue weighted by Gasteiger charge is 2.05. The normalized spacial score (nSPS) is 10.6. The quantitative estimate of drug-likeness (QED) is 0.775. The second kappa shape index (κ2) is 6.89. The van der Waals surface area contributed by atoms with E-state index in [1.165, 1.54) is 0 Å². The van der Waals surface area contributed by atoms with Crippen LogP contribution in [0, 0.1) is 0 Å². The van der Waals surface area contributed by atoms with Gasteiger partial charge in [-0.2, -0.15) is 0 Å². The molecule has 102 valence electrons. The third-order valence-corrected chi connectivity index (χ3v) is 2.75. The first-order valence-electron chi connectivity index (χ1n) is 6.68. The van der Waals surface area contributed by atoms with Gasteiger partial charge in [0, 0.05) is 6.54 Å². The lowest BCUT2D eigenvalue weighted by Gasteiger charge is -2.08. The highest BCUT2D eigenvalue weighted by atomic mass is 16.5. The van der Waals surface area contributed by atoms with Crippen molar-refractivity contribution in [3.63, 3.8) is 0 Å². The first-order chi connectivity index (χ1) is 9.35. The minimum absolute atomic E-state index is 0.675. The highest BCUT2D eigenvalue weighted by molar-refractivity contribution is 5.37. The minimum atomic E-state index is 0.675. The van der Waals surface area contributed by atoms with E-state index in [-0.39, 0.29) is 0 Å². The molecule has 0 spiro atoms. The summed E-state index contributed by atoms with van der Waals surface area (Å²) >= 11 is 0. The Morgan fingerprint density at radius 3 is 2.68 bits per heavy atom. The van der Waals surface area contributed by atoms with Crippen molar-refractivity contribution >= 4 is 0 Å². The average molecular weight is 260 g/mol. The Kier molecular flexibility index (Phi) is 4.92. The summed E-state index contributed by atoms with van der Waals surface area (Å²) in [5, 5.41) is 11.5. The molecule has 1 heterocycles. The fourth-order valence-electron chi connectivity index (χ4n) is 1.84. The maximum absolute atomic E-state index is 5.43. The number of rotatable bonds is 7. The van der Waals surface area contributed by atoms with Crippen LogP contribution in [0.5, 0.6) is 5.75 Å². The second-order valence-electron chi connectivity index (χ2n) is 4.24. The van der Waals surface area contributed by atoms with E-state index in [4.69, 9.17) is 4.74 Å². The van der Waals surface area contributed by atoms with Crippen LogP contribution < -0.4 is 10.1 Å². The fraction of sp³-hybridized carbons (Fsp3) is 0.429. The van der Waals surface area contributed by atoms with E-state index in [1.54, 1.807) is 6.20 Å². The molecule has 0 aliphatic rings. The molecule has 0 bridgehead atoms. The summed E-state index contributed by atoms with van der Waals surface area (Å²) in [4.78, 5) is 0. The Bertz CT molecular complexity index is 492. The van der Waals surface area contributed by atoms with Gasteiger partial charge in [0.25, 0.3) is 0 Å². The largest absolute Gasteiger partial charge is 0.494 e. The zero-order valence-electron chi connectivity index (χ0n) is 11.5. The minimum Gasteiger partial charge on any atom is -0.494 e. The molecule has 19 heavy (non-hydrogen) atoms. The van der Waals surface area contributed by atoms with Crippen LogP contribution in [0.15, 0.2) is 30.5 Å². The van der Waals surface area contributed by atoms with Gasteiger partial charge in [-0.15, -0.1) is 5.10 Å². The first-order valence-corrected chi connectivity index (χ1v) is 6.68. The summed E-state index contributed by atoms with van der Waals surface area (Å²) in [5.41, 5.74) is 2.05. The third kappa shape index (κ3) is 3.54. The lowest BCUT2D eigenvalue weighted by molar-refractivity contribution is 0.340. The van der Waals surface area contributed by atoms with Crippen molar-refractivity contribution in [3.05, 3.63) is 36.2 Å². The molecular formula is C14H20N4O. The van der Waals surface area contributed by atoms with E-state index < -0.39 is 0 Å². The Hall–Kier alpha value is -1.88. The molecule has 0 unspecified atom stereocenters. The van der Waals surface area contributed by atoms with Gasteiger partial charge in [0.2, 0.25) is 0 Å². The summed E-state index contributed by atoms with van der Waals surface area (Å²) < 4.78 is 7.28. The van der Waals surface area contributed by atoms with Crippen LogP contribution in [0.1, 0.15) is 26.0 Å². The van der Waals surface area contributed by atoms with Gasteiger partial charge in [0.15, 0.2) is 0 Å². The molecule has 0 radical (unpaired) electrons. The standard InChI is InChI=1S/C14H20N4O/c1-3-9-15-10-13-11-16-17-18(13)12-5-7-14(8-6-12)19-4-2/h5-8,11,15H,3-4,9-10H2,1-2H3. The molecule has 2 rings (SSSR count). The highest BCUT2D eigenvalue weighted by Crippen LogP contribution is 2.15. The molecule has 1 N–H and O–H groups in total. The van der Waals surface area contributed by atoms with E-state index in [0.717, 1.165) is 36.6 Å². The SMILES string of the molecule is CCCNCc1cnnn1-c1ccc(OCC)cc1. The fourth-order valence-corrected chi connectivity index (χ4v) is 1.84. The lowest BCUT2D eigenvalue weighted by atomic mass is 10.3. The predicted octanol–water partition coefficient (Wildman–Crippen LogP) is 2.17. The maximum Gasteiger partial charge on any atom is 0.119 e. The molecule has 5 nitrogen and oxygen atoms in total. The average Bonchev–Trinajstić information content (AvgIpc) is 2.89. The van der Waals surface area contributed by atoms with E-state index >= 15 is 0 Å². The van der Waals surface area contributed by atoms with E-state index in [9.17, 15) is 0 Å². The number of hydrogen-bond donors (Lipinski definition) is 1. The molecule has 5 heteroatoms.